The van der Waals surface area contributed by atoms with Crippen LogP contribution in [0.2, 0.25) is 0 Å². The van der Waals surface area contributed by atoms with Crippen LogP contribution in [0.5, 0.6) is 0 Å². The third kappa shape index (κ3) is 3.28. The Labute approximate surface area is 276 Å². The van der Waals surface area contributed by atoms with E-state index >= 15 is 0 Å². The van der Waals surface area contributed by atoms with Gasteiger partial charge in [-0.1, -0.05) is 12.8 Å². The first-order valence-corrected chi connectivity index (χ1v) is 16.4. The lowest BCUT2D eigenvalue weighted by molar-refractivity contribution is 0.0241. The van der Waals surface area contributed by atoms with E-state index in [1.54, 1.807) is 0 Å². The molecule has 15 aliphatic heterocycles. The van der Waals surface area contributed by atoms with E-state index in [9.17, 15) is 38.4 Å². The zero-order valence-electron chi connectivity index (χ0n) is 25.8. The number of rotatable bonds is 0. The maximum absolute atomic E-state index is 14.4. The molecule has 16 bridgehead atoms. The molecule has 0 unspecified atom stereocenters. The van der Waals surface area contributed by atoms with E-state index < -0.39 is 59.3 Å². The number of nitrogens with zero attached hydrogens (tertiary/aromatic N) is 4. The van der Waals surface area contributed by atoms with Crippen molar-refractivity contribution in [3.05, 3.63) is 93.0 Å². The van der Waals surface area contributed by atoms with Crippen LogP contribution in [0.3, 0.4) is 0 Å². The number of amides is 8. The molecular weight excluding hydrogens is 628 g/mol. The molecule has 240 valence electrons. The van der Waals surface area contributed by atoms with Crippen molar-refractivity contribution >= 4 is 68.8 Å². The second-order valence-electron chi connectivity index (χ2n) is 13.4. The minimum atomic E-state index is -0.851. The van der Waals surface area contributed by atoms with Crippen LogP contribution in [0.15, 0.2) is 48.5 Å². The molecule has 2 atom stereocenters. The molecule has 0 saturated heterocycles. The van der Waals surface area contributed by atoms with Gasteiger partial charge < -0.3 is 0 Å². The smallest absolute Gasteiger partial charge is 0.261 e. The fourth-order valence-corrected chi connectivity index (χ4v) is 8.98. The van der Waals surface area contributed by atoms with Crippen molar-refractivity contribution in [3.63, 3.8) is 0 Å². The van der Waals surface area contributed by atoms with Gasteiger partial charge >= 0.3 is 0 Å². The summed E-state index contributed by atoms with van der Waals surface area (Å²) in [5.41, 5.74) is 1.28. The van der Waals surface area contributed by atoms with Gasteiger partial charge in [0.25, 0.3) is 47.3 Å². The summed E-state index contributed by atoms with van der Waals surface area (Å²) in [7, 11) is 0. The summed E-state index contributed by atoms with van der Waals surface area (Å²) in [4.78, 5) is 117. The maximum Gasteiger partial charge on any atom is 0.261 e. The molecule has 20 rings (SSSR count). The average molecular weight is 653 g/mol. The third-order valence-corrected chi connectivity index (χ3v) is 11.1. The standard InChI is InChI=1S/C37H24N4O8/c42-30-16-6-10-20-28-21-11-7-17(26(16)28)31(43)38(30)14-3-15-39-32(44)18-8-12-22-29-23(13-9-19(27(18)29)33(39)45)37(49)41(36(22)48)25-5-2-1-4-24(25)40(34(20)46)35(21)47/h6-13,24-25H,1-5,14-15H2/t24-,25-/m0/s1. The van der Waals surface area contributed by atoms with Crippen LogP contribution in [-0.4, -0.2) is 92.0 Å². The van der Waals surface area contributed by atoms with Crippen LogP contribution in [0, 0.1) is 0 Å². The van der Waals surface area contributed by atoms with Gasteiger partial charge in [-0.3, -0.25) is 58.0 Å². The van der Waals surface area contributed by atoms with Crippen molar-refractivity contribution in [2.45, 2.75) is 44.2 Å². The molecule has 0 spiro atoms. The summed E-state index contributed by atoms with van der Waals surface area (Å²) >= 11 is 0. The predicted octanol–water partition coefficient (Wildman–Crippen LogP) is 3.79. The SMILES string of the molecule is O=C1c2ccc3c4c5ccc(c24)C(=O)N1CCCN1C(=O)c2ccc4c6c(ccc(c26)C1=O)C(=O)N(C4=O)[C@H]1CCCC[C@@H]1N(C3=O)C5=O. The molecule has 12 heteroatoms. The van der Waals surface area contributed by atoms with Gasteiger partial charge in [-0.25, -0.2) is 0 Å². The van der Waals surface area contributed by atoms with Gasteiger partial charge in [0, 0.05) is 79.1 Å². The van der Waals surface area contributed by atoms with E-state index in [-0.39, 0.29) is 85.6 Å². The summed E-state index contributed by atoms with van der Waals surface area (Å²) in [5.74, 6) is -4.91. The van der Waals surface area contributed by atoms with Gasteiger partial charge in [-0.05, 0) is 67.8 Å². The molecule has 0 radical (unpaired) electrons. The van der Waals surface area contributed by atoms with E-state index in [2.05, 4.69) is 0 Å². The van der Waals surface area contributed by atoms with Crippen LogP contribution in [0.25, 0.3) is 21.5 Å². The molecule has 1 aliphatic carbocycles. The zero-order chi connectivity index (χ0) is 33.6. The maximum atomic E-state index is 14.4. The Hall–Kier alpha value is -6.04. The van der Waals surface area contributed by atoms with Gasteiger partial charge in [-0.15, -0.1) is 0 Å². The fourth-order valence-electron chi connectivity index (χ4n) is 8.98. The molecule has 49 heavy (non-hydrogen) atoms. The lowest BCUT2D eigenvalue weighted by Crippen LogP contribution is -2.61. The van der Waals surface area contributed by atoms with Crippen LogP contribution in [-0.2, 0) is 0 Å². The van der Waals surface area contributed by atoms with E-state index in [0.29, 0.717) is 25.7 Å². The van der Waals surface area contributed by atoms with E-state index in [4.69, 9.17) is 0 Å². The second kappa shape index (κ2) is 9.31. The highest BCUT2D eigenvalue weighted by Crippen LogP contribution is 2.43. The minimum absolute atomic E-state index is 0.0822. The average Bonchev–Trinajstić information content (AvgIpc) is 3.10. The van der Waals surface area contributed by atoms with Gasteiger partial charge in [0.05, 0.1) is 12.1 Å². The van der Waals surface area contributed by atoms with Crippen LogP contribution >= 0.6 is 0 Å². The molecule has 16 aliphatic rings. The molecule has 8 amide bonds. The van der Waals surface area contributed by atoms with Gasteiger partial charge in [0.2, 0.25) is 0 Å². The summed E-state index contributed by atoms with van der Waals surface area (Å²) in [5, 5.41) is 0.916. The number of imide groups is 4. The molecule has 4 aromatic carbocycles. The first kappa shape index (κ1) is 28.0. The Morgan fingerprint density at radius 2 is 0.592 bits per heavy atom. The van der Waals surface area contributed by atoms with Crippen molar-refractivity contribution in [3.8, 4) is 0 Å². The zero-order valence-corrected chi connectivity index (χ0v) is 25.8. The predicted molar refractivity (Wildman–Crippen MR) is 170 cm³/mol. The molecule has 1 fully saturated rings. The number of hydrogen-bond donors (Lipinski definition) is 0. The Morgan fingerprint density at radius 3 is 0.857 bits per heavy atom. The summed E-state index contributed by atoms with van der Waals surface area (Å²) in [6.07, 6.45) is 2.07. The van der Waals surface area contributed by atoms with Crippen molar-refractivity contribution < 1.29 is 38.4 Å². The van der Waals surface area contributed by atoms with Crippen LogP contribution in [0.1, 0.15) is 115 Å². The molecule has 12 nitrogen and oxygen atoms in total. The second-order valence-corrected chi connectivity index (χ2v) is 13.4. The van der Waals surface area contributed by atoms with E-state index in [0.717, 1.165) is 19.6 Å². The highest BCUT2D eigenvalue weighted by atomic mass is 16.2. The number of carbonyl (C=O) groups excluding carboxylic acids is 8. The lowest BCUT2D eigenvalue weighted by Gasteiger charge is -2.45. The first-order valence-electron chi connectivity index (χ1n) is 16.4. The van der Waals surface area contributed by atoms with Gasteiger partial charge in [-0.2, -0.15) is 0 Å². The topological polar surface area (TPSA) is 150 Å². The van der Waals surface area contributed by atoms with Gasteiger partial charge in [0.15, 0.2) is 0 Å². The number of benzene rings is 4. The van der Waals surface area contributed by atoms with Gasteiger partial charge in [0.1, 0.15) is 0 Å². The van der Waals surface area contributed by atoms with Crippen LogP contribution < -0.4 is 0 Å². The highest BCUT2D eigenvalue weighted by Gasteiger charge is 2.49. The Bertz CT molecular complexity index is 2120. The molecular formula is C37H24N4O8. The summed E-state index contributed by atoms with van der Waals surface area (Å²) in [6, 6.07) is 10.2. The third-order valence-electron chi connectivity index (χ3n) is 11.1. The monoisotopic (exact) mass is 652 g/mol. The molecule has 4 aromatic rings. The van der Waals surface area contributed by atoms with Crippen molar-refractivity contribution in [2.24, 2.45) is 0 Å². The normalized spacial score (nSPS) is 22.7. The minimum Gasteiger partial charge on any atom is -0.274 e. The number of hydrogen-bond acceptors (Lipinski definition) is 8. The van der Waals surface area contributed by atoms with Crippen molar-refractivity contribution in [1.29, 1.82) is 0 Å². The lowest BCUT2D eigenvalue weighted by atomic mass is 9.81. The Balaban J connectivity index is 1.22. The first-order chi connectivity index (χ1) is 23.7. The molecule has 15 heterocycles. The molecule has 0 N–H and O–H groups in total. The Morgan fingerprint density at radius 1 is 0.347 bits per heavy atom. The summed E-state index contributed by atoms with van der Waals surface area (Å²) in [6.45, 7) is -0.209. The van der Waals surface area contributed by atoms with Crippen molar-refractivity contribution in [2.75, 3.05) is 13.1 Å². The van der Waals surface area contributed by atoms with Crippen molar-refractivity contribution in [1.82, 2.24) is 19.6 Å². The fraction of sp³-hybridized carbons (Fsp3) is 0.243. The quantitative estimate of drug-likeness (QED) is 0.261. The number of carbonyl (C=O) groups is 8. The Kier molecular flexibility index (Phi) is 5.32. The largest absolute Gasteiger partial charge is 0.274 e. The summed E-state index contributed by atoms with van der Waals surface area (Å²) < 4.78 is 0. The molecule has 0 aromatic heterocycles. The molecule has 1 saturated carbocycles. The van der Waals surface area contributed by atoms with E-state index in [1.165, 1.54) is 48.5 Å². The van der Waals surface area contributed by atoms with Crippen LogP contribution in [0.4, 0.5) is 0 Å². The van der Waals surface area contributed by atoms with E-state index in [1.807, 2.05) is 0 Å². The highest BCUT2D eigenvalue weighted by molar-refractivity contribution is 6.35.